The smallest absolute Gasteiger partial charge is 0.244 e. The maximum Gasteiger partial charge on any atom is 0.244 e. The summed E-state index contributed by atoms with van der Waals surface area (Å²) < 4.78 is 0. The van der Waals surface area contributed by atoms with Crippen molar-refractivity contribution in [3.8, 4) is 11.4 Å². The van der Waals surface area contributed by atoms with E-state index in [9.17, 15) is 9.59 Å². The molecule has 4 N–H and O–H groups in total. The molecule has 0 radical (unpaired) electrons. The minimum absolute atomic E-state index is 0.0920. The van der Waals surface area contributed by atoms with Crippen LogP contribution in [-0.2, 0) is 9.59 Å². The third-order valence-electron chi connectivity index (χ3n) is 4.46. The zero-order valence-corrected chi connectivity index (χ0v) is 19.5. The first-order valence-electron chi connectivity index (χ1n) is 10.7. The van der Waals surface area contributed by atoms with Crippen LogP contribution in [0.25, 0.3) is 17.5 Å². The van der Waals surface area contributed by atoms with Gasteiger partial charge in [0.1, 0.15) is 11.6 Å². The standard InChI is InChI=1S/C24H26ClN7O2/c1-17(33)26-12-13-28-21-16-22(32-24(31-21)18-5-7-19(25)8-6-18)29-14-15-30-23(34)10-9-20-4-2-3-11-27-20/h2-11,16H,12-15H2,1H3,(H,26,33)(H,30,34)(H2,28,29,31,32)/b10-9+. The number of nitrogens with one attached hydrogen (secondary N) is 4. The molecule has 1 aromatic carbocycles. The van der Waals surface area contributed by atoms with Gasteiger partial charge in [-0.3, -0.25) is 14.6 Å². The Bertz CT molecular complexity index is 1120. The number of amides is 2. The molecule has 2 aromatic heterocycles. The number of nitrogens with zero attached hydrogens (tertiary/aromatic N) is 3. The van der Waals surface area contributed by atoms with Crippen molar-refractivity contribution < 1.29 is 9.59 Å². The number of anilines is 2. The summed E-state index contributed by atoms with van der Waals surface area (Å²) in [5.74, 6) is 1.42. The number of pyridine rings is 1. The Morgan fingerprint density at radius 2 is 1.59 bits per heavy atom. The number of benzene rings is 1. The van der Waals surface area contributed by atoms with Crippen molar-refractivity contribution in [3.05, 3.63) is 71.5 Å². The van der Waals surface area contributed by atoms with Gasteiger partial charge in [-0.1, -0.05) is 17.7 Å². The highest BCUT2D eigenvalue weighted by Crippen LogP contribution is 2.22. The largest absolute Gasteiger partial charge is 0.368 e. The monoisotopic (exact) mass is 479 g/mol. The molecular formula is C24H26ClN7O2. The molecule has 9 nitrogen and oxygen atoms in total. The van der Waals surface area contributed by atoms with Gasteiger partial charge in [-0.2, -0.15) is 0 Å². The summed E-state index contributed by atoms with van der Waals surface area (Å²) in [6.45, 7) is 3.31. The molecule has 2 heterocycles. The number of hydrogen-bond donors (Lipinski definition) is 4. The van der Waals surface area contributed by atoms with Crippen LogP contribution in [0.2, 0.25) is 5.02 Å². The number of carbonyl (C=O) groups excluding carboxylic acids is 2. The first-order valence-corrected chi connectivity index (χ1v) is 11.1. The average molecular weight is 480 g/mol. The summed E-state index contributed by atoms with van der Waals surface area (Å²) in [6, 6.07) is 14.5. The number of carbonyl (C=O) groups is 2. The molecule has 0 atom stereocenters. The van der Waals surface area contributed by atoms with Crippen LogP contribution in [0.4, 0.5) is 11.6 Å². The number of aromatic nitrogens is 3. The lowest BCUT2D eigenvalue weighted by Crippen LogP contribution is -2.27. The molecule has 0 aliphatic heterocycles. The average Bonchev–Trinajstić information content (AvgIpc) is 2.84. The van der Waals surface area contributed by atoms with Gasteiger partial charge in [0.2, 0.25) is 11.8 Å². The summed E-state index contributed by atoms with van der Waals surface area (Å²) in [7, 11) is 0. The van der Waals surface area contributed by atoms with Gasteiger partial charge < -0.3 is 21.3 Å². The van der Waals surface area contributed by atoms with E-state index < -0.39 is 0 Å². The fraction of sp³-hybridized carbons (Fsp3) is 0.208. The van der Waals surface area contributed by atoms with Crippen molar-refractivity contribution in [1.29, 1.82) is 0 Å². The van der Waals surface area contributed by atoms with Crippen LogP contribution < -0.4 is 21.3 Å². The molecular weight excluding hydrogens is 454 g/mol. The van der Waals surface area contributed by atoms with Gasteiger partial charge in [-0.15, -0.1) is 0 Å². The van der Waals surface area contributed by atoms with E-state index in [1.165, 1.54) is 13.0 Å². The van der Waals surface area contributed by atoms with Crippen molar-refractivity contribution >= 4 is 41.1 Å². The van der Waals surface area contributed by atoms with Crippen molar-refractivity contribution in [2.24, 2.45) is 0 Å². The van der Waals surface area contributed by atoms with Crippen molar-refractivity contribution in [2.75, 3.05) is 36.8 Å². The van der Waals surface area contributed by atoms with Crippen LogP contribution in [0.3, 0.4) is 0 Å². The molecule has 3 aromatic rings. The Morgan fingerprint density at radius 3 is 2.21 bits per heavy atom. The van der Waals surface area contributed by atoms with Crippen LogP contribution in [0.5, 0.6) is 0 Å². The van der Waals surface area contributed by atoms with Gasteiger partial charge in [-0.05, 0) is 42.5 Å². The number of rotatable bonds is 11. The van der Waals surface area contributed by atoms with E-state index in [0.29, 0.717) is 54.4 Å². The molecule has 0 fully saturated rings. The third-order valence-corrected chi connectivity index (χ3v) is 4.71. The van der Waals surface area contributed by atoms with Gasteiger partial charge in [-0.25, -0.2) is 9.97 Å². The minimum Gasteiger partial charge on any atom is -0.368 e. The lowest BCUT2D eigenvalue weighted by molar-refractivity contribution is -0.119. The van der Waals surface area contributed by atoms with Crippen LogP contribution in [-0.4, -0.2) is 52.9 Å². The SMILES string of the molecule is CC(=O)NCCNc1cc(NCCNC(=O)/C=C/c2ccccn2)nc(-c2ccc(Cl)cc2)n1. The molecule has 0 saturated carbocycles. The highest BCUT2D eigenvalue weighted by atomic mass is 35.5. The van der Waals surface area contributed by atoms with Gasteiger partial charge in [0.25, 0.3) is 0 Å². The topological polar surface area (TPSA) is 121 Å². The lowest BCUT2D eigenvalue weighted by atomic mass is 10.2. The maximum atomic E-state index is 12.0. The molecule has 3 rings (SSSR count). The molecule has 0 bridgehead atoms. The maximum absolute atomic E-state index is 12.0. The van der Waals surface area contributed by atoms with Gasteiger partial charge in [0.15, 0.2) is 5.82 Å². The lowest BCUT2D eigenvalue weighted by Gasteiger charge is -2.12. The zero-order valence-electron chi connectivity index (χ0n) is 18.7. The van der Waals surface area contributed by atoms with Crippen molar-refractivity contribution in [2.45, 2.75) is 6.92 Å². The first-order chi connectivity index (χ1) is 16.5. The predicted octanol–water partition coefficient (Wildman–Crippen LogP) is 2.98. The first kappa shape index (κ1) is 24.7. The van der Waals surface area contributed by atoms with Crippen LogP contribution in [0, 0.1) is 0 Å². The normalized spacial score (nSPS) is 10.6. The van der Waals surface area contributed by atoms with Gasteiger partial charge in [0.05, 0.1) is 5.69 Å². The fourth-order valence-electron chi connectivity index (χ4n) is 2.86. The third kappa shape index (κ3) is 8.51. The highest BCUT2D eigenvalue weighted by Gasteiger charge is 2.08. The van der Waals surface area contributed by atoms with E-state index in [1.54, 1.807) is 30.5 Å². The van der Waals surface area contributed by atoms with Crippen molar-refractivity contribution in [1.82, 2.24) is 25.6 Å². The molecule has 176 valence electrons. The number of hydrogen-bond acceptors (Lipinski definition) is 7. The van der Waals surface area contributed by atoms with E-state index in [0.717, 1.165) is 5.56 Å². The second kappa shape index (κ2) is 12.9. The Hall–Kier alpha value is -3.98. The summed E-state index contributed by atoms with van der Waals surface area (Å²) in [5.41, 5.74) is 1.52. The predicted molar refractivity (Wildman–Crippen MR) is 134 cm³/mol. The Kier molecular flexibility index (Phi) is 9.36. The zero-order chi connectivity index (χ0) is 24.2. The fourth-order valence-corrected chi connectivity index (χ4v) is 2.98. The molecule has 0 unspecified atom stereocenters. The summed E-state index contributed by atoms with van der Waals surface area (Å²) in [5, 5.41) is 12.6. The molecule has 0 spiro atoms. The summed E-state index contributed by atoms with van der Waals surface area (Å²) >= 11 is 6.00. The Balaban J connectivity index is 1.58. The van der Waals surface area contributed by atoms with Crippen LogP contribution >= 0.6 is 11.6 Å². The van der Waals surface area contributed by atoms with E-state index in [-0.39, 0.29) is 11.8 Å². The van der Waals surface area contributed by atoms with Gasteiger partial charge >= 0.3 is 0 Å². The minimum atomic E-state index is -0.211. The van der Waals surface area contributed by atoms with E-state index in [1.807, 2.05) is 30.3 Å². The molecule has 2 amide bonds. The molecule has 10 heteroatoms. The Labute approximate surface area is 203 Å². The van der Waals surface area contributed by atoms with Crippen LogP contribution in [0.1, 0.15) is 12.6 Å². The van der Waals surface area contributed by atoms with E-state index in [2.05, 4.69) is 36.2 Å². The Morgan fingerprint density at radius 1 is 0.912 bits per heavy atom. The van der Waals surface area contributed by atoms with Crippen molar-refractivity contribution in [3.63, 3.8) is 0 Å². The molecule has 0 aliphatic rings. The second-order valence-electron chi connectivity index (χ2n) is 7.18. The van der Waals surface area contributed by atoms with Crippen LogP contribution in [0.15, 0.2) is 60.8 Å². The molecule has 0 aliphatic carbocycles. The summed E-state index contributed by atoms with van der Waals surface area (Å²) in [6.07, 6.45) is 4.78. The number of halogens is 1. The van der Waals surface area contributed by atoms with E-state index >= 15 is 0 Å². The summed E-state index contributed by atoms with van der Waals surface area (Å²) in [4.78, 5) is 36.3. The molecule has 34 heavy (non-hydrogen) atoms. The van der Waals surface area contributed by atoms with E-state index in [4.69, 9.17) is 11.6 Å². The molecule has 0 saturated heterocycles. The second-order valence-corrected chi connectivity index (χ2v) is 7.62. The highest BCUT2D eigenvalue weighted by molar-refractivity contribution is 6.30. The van der Waals surface area contributed by atoms with Gasteiger partial charge in [0, 0.05) is 62.0 Å². The quantitative estimate of drug-likeness (QED) is 0.246.